The Bertz CT molecular complexity index is 533. The van der Waals surface area contributed by atoms with Crippen LogP contribution in [0.3, 0.4) is 0 Å². The van der Waals surface area contributed by atoms with Crippen LogP contribution in [0.15, 0.2) is 24.3 Å². The van der Waals surface area contributed by atoms with Crippen molar-refractivity contribution < 1.29 is 9.53 Å². The molecule has 0 radical (unpaired) electrons. The molecule has 1 saturated heterocycles. The standard InChI is InChI=1S/C17H23NO2.ClH/c1-12-17(9-5-7-15(11-17)18(12)3)14-6-4-8-16(10-14)20-13(2)19;/h4,6,8,10,12,15H,5,7,9,11H2,1-3H3;1H. The second kappa shape index (κ2) is 5.98. The molecule has 3 nitrogen and oxygen atoms in total. The fourth-order valence-electron chi connectivity index (χ4n) is 4.25. The van der Waals surface area contributed by atoms with E-state index in [1.54, 1.807) is 0 Å². The molecule has 1 aliphatic carbocycles. The molecule has 2 aliphatic rings. The second-order valence-electron chi connectivity index (χ2n) is 6.37. The molecule has 0 aromatic heterocycles. The highest BCUT2D eigenvalue weighted by Gasteiger charge is 2.51. The zero-order valence-electron chi connectivity index (χ0n) is 13.0. The van der Waals surface area contributed by atoms with Crippen LogP contribution in [0.4, 0.5) is 0 Å². The van der Waals surface area contributed by atoms with Gasteiger partial charge in [0, 0.05) is 24.4 Å². The molecule has 1 heterocycles. The normalized spacial score (nSPS) is 31.6. The van der Waals surface area contributed by atoms with Crippen LogP contribution in [-0.4, -0.2) is 30.0 Å². The first-order chi connectivity index (χ1) is 9.53. The minimum absolute atomic E-state index is 0. The van der Waals surface area contributed by atoms with Crippen molar-refractivity contribution in [3.8, 4) is 5.75 Å². The van der Waals surface area contributed by atoms with E-state index in [0.29, 0.717) is 17.8 Å². The summed E-state index contributed by atoms with van der Waals surface area (Å²) < 4.78 is 5.26. The van der Waals surface area contributed by atoms with Gasteiger partial charge in [0.1, 0.15) is 5.75 Å². The molecule has 2 bridgehead atoms. The first kappa shape index (κ1) is 16.3. The van der Waals surface area contributed by atoms with Gasteiger partial charge in [-0.1, -0.05) is 18.6 Å². The average molecular weight is 310 g/mol. The summed E-state index contributed by atoms with van der Waals surface area (Å²) >= 11 is 0. The van der Waals surface area contributed by atoms with Crippen molar-refractivity contribution >= 4 is 18.4 Å². The molecule has 1 aromatic rings. The SMILES string of the molecule is CC(=O)Oc1cccc(C23CCCC(C2)N(C)C3C)c1.Cl. The molecule has 0 spiro atoms. The molecule has 1 aliphatic heterocycles. The summed E-state index contributed by atoms with van der Waals surface area (Å²) in [4.78, 5) is 13.7. The summed E-state index contributed by atoms with van der Waals surface area (Å²) in [6, 6.07) is 9.39. The molecule has 2 fully saturated rings. The minimum atomic E-state index is -0.252. The van der Waals surface area contributed by atoms with Gasteiger partial charge in [-0.3, -0.25) is 9.69 Å². The number of nitrogens with zero attached hydrogens (tertiary/aromatic N) is 1. The number of esters is 1. The predicted molar refractivity (Wildman–Crippen MR) is 86.2 cm³/mol. The van der Waals surface area contributed by atoms with Crippen molar-refractivity contribution in [1.82, 2.24) is 4.90 Å². The lowest BCUT2D eigenvalue weighted by molar-refractivity contribution is -0.131. The first-order valence-corrected chi connectivity index (χ1v) is 7.54. The van der Waals surface area contributed by atoms with E-state index in [1.165, 1.54) is 38.2 Å². The van der Waals surface area contributed by atoms with Crippen LogP contribution in [0.2, 0.25) is 0 Å². The lowest BCUT2D eigenvalue weighted by Crippen LogP contribution is -2.38. The van der Waals surface area contributed by atoms with Crippen molar-refractivity contribution in [2.24, 2.45) is 0 Å². The van der Waals surface area contributed by atoms with Crippen LogP contribution in [0, 0.1) is 0 Å². The molecule has 21 heavy (non-hydrogen) atoms. The molecule has 0 N–H and O–H groups in total. The number of benzene rings is 1. The molecule has 3 unspecified atom stereocenters. The lowest BCUT2D eigenvalue weighted by Gasteiger charge is -2.36. The molecule has 1 aromatic carbocycles. The molecule has 3 rings (SSSR count). The third-order valence-electron chi connectivity index (χ3n) is 5.42. The fraction of sp³-hybridized carbons (Fsp3) is 0.588. The maximum atomic E-state index is 11.1. The number of carbonyl (C=O) groups is 1. The molecule has 0 amide bonds. The van der Waals surface area contributed by atoms with Crippen LogP contribution in [-0.2, 0) is 10.2 Å². The summed E-state index contributed by atoms with van der Waals surface area (Å²) in [6.45, 7) is 3.79. The van der Waals surface area contributed by atoms with E-state index in [-0.39, 0.29) is 23.8 Å². The zero-order valence-corrected chi connectivity index (χ0v) is 13.8. The topological polar surface area (TPSA) is 29.5 Å². The molecular weight excluding hydrogens is 286 g/mol. The predicted octanol–water partition coefficient (Wildman–Crippen LogP) is 3.55. The summed E-state index contributed by atoms with van der Waals surface area (Å²) in [6.07, 6.45) is 5.07. The molecular formula is C17H24ClNO2. The van der Waals surface area contributed by atoms with E-state index in [4.69, 9.17) is 4.74 Å². The van der Waals surface area contributed by atoms with Gasteiger partial charge in [-0.15, -0.1) is 12.4 Å². The van der Waals surface area contributed by atoms with Gasteiger partial charge in [-0.2, -0.15) is 0 Å². The van der Waals surface area contributed by atoms with Crippen molar-refractivity contribution in [1.29, 1.82) is 0 Å². The number of carbonyl (C=O) groups excluding carboxylic acids is 1. The number of fused-ring (bicyclic) bond motifs is 2. The van der Waals surface area contributed by atoms with E-state index >= 15 is 0 Å². The van der Waals surface area contributed by atoms with Crippen molar-refractivity contribution in [3.05, 3.63) is 29.8 Å². The summed E-state index contributed by atoms with van der Waals surface area (Å²) in [5.74, 6) is 0.422. The van der Waals surface area contributed by atoms with Gasteiger partial charge in [0.15, 0.2) is 0 Å². The van der Waals surface area contributed by atoms with Crippen LogP contribution < -0.4 is 4.74 Å². The number of hydrogen-bond acceptors (Lipinski definition) is 3. The van der Waals surface area contributed by atoms with Gasteiger partial charge in [0.05, 0.1) is 0 Å². The van der Waals surface area contributed by atoms with Gasteiger partial charge in [0.2, 0.25) is 0 Å². The fourth-order valence-corrected chi connectivity index (χ4v) is 4.25. The van der Waals surface area contributed by atoms with Crippen molar-refractivity contribution in [2.75, 3.05) is 7.05 Å². The summed E-state index contributed by atoms with van der Waals surface area (Å²) in [7, 11) is 2.25. The smallest absolute Gasteiger partial charge is 0.308 e. The molecule has 1 saturated carbocycles. The van der Waals surface area contributed by atoms with Crippen LogP contribution >= 0.6 is 12.4 Å². The summed E-state index contributed by atoms with van der Waals surface area (Å²) in [5.41, 5.74) is 1.56. The highest BCUT2D eigenvalue weighted by molar-refractivity contribution is 5.85. The highest BCUT2D eigenvalue weighted by Crippen LogP contribution is 2.51. The lowest BCUT2D eigenvalue weighted by atomic mass is 9.67. The Labute approximate surface area is 133 Å². The van der Waals surface area contributed by atoms with E-state index in [9.17, 15) is 4.79 Å². The highest BCUT2D eigenvalue weighted by atomic mass is 35.5. The summed E-state index contributed by atoms with van der Waals surface area (Å²) in [5, 5.41) is 0. The molecule has 4 heteroatoms. The van der Waals surface area contributed by atoms with Crippen molar-refractivity contribution in [2.45, 2.75) is 57.0 Å². The Morgan fingerprint density at radius 1 is 1.43 bits per heavy atom. The second-order valence-corrected chi connectivity index (χ2v) is 6.37. The number of likely N-dealkylation sites (tertiary alicyclic amines) is 1. The number of likely N-dealkylation sites (N-methyl/N-ethyl adjacent to an activating group) is 1. The zero-order chi connectivity index (χ0) is 14.3. The Balaban J connectivity index is 0.00000161. The van der Waals surface area contributed by atoms with Gasteiger partial charge in [0.25, 0.3) is 0 Å². The average Bonchev–Trinajstić information content (AvgIpc) is 2.60. The number of hydrogen-bond donors (Lipinski definition) is 0. The Kier molecular flexibility index (Phi) is 4.64. The van der Waals surface area contributed by atoms with E-state index < -0.39 is 0 Å². The minimum Gasteiger partial charge on any atom is -0.427 e. The van der Waals surface area contributed by atoms with Gasteiger partial charge < -0.3 is 4.74 Å². The monoisotopic (exact) mass is 309 g/mol. The largest absolute Gasteiger partial charge is 0.427 e. The maximum absolute atomic E-state index is 11.1. The van der Waals surface area contributed by atoms with Gasteiger partial charge in [-0.25, -0.2) is 0 Å². The number of halogens is 1. The van der Waals surface area contributed by atoms with Gasteiger partial charge >= 0.3 is 5.97 Å². The van der Waals surface area contributed by atoms with Gasteiger partial charge in [-0.05, 0) is 50.9 Å². The van der Waals surface area contributed by atoms with E-state index in [2.05, 4.69) is 31.0 Å². The van der Waals surface area contributed by atoms with Crippen molar-refractivity contribution in [3.63, 3.8) is 0 Å². The Morgan fingerprint density at radius 3 is 2.90 bits per heavy atom. The third-order valence-corrected chi connectivity index (χ3v) is 5.42. The molecule has 116 valence electrons. The van der Waals surface area contributed by atoms with E-state index in [0.717, 1.165) is 0 Å². The van der Waals surface area contributed by atoms with Crippen LogP contribution in [0.5, 0.6) is 5.75 Å². The maximum Gasteiger partial charge on any atom is 0.308 e. The quantitative estimate of drug-likeness (QED) is 0.618. The number of rotatable bonds is 2. The first-order valence-electron chi connectivity index (χ1n) is 7.54. The Morgan fingerprint density at radius 2 is 2.19 bits per heavy atom. The Hall–Kier alpha value is -1.06. The van der Waals surface area contributed by atoms with Crippen LogP contribution in [0.25, 0.3) is 0 Å². The molecule has 3 atom stereocenters. The van der Waals surface area contributed by atoms with Crippen LogP contribution in [0.1, 0.15) is 45.1 Å². The number of ether oxygens (including phenoxy) is 1. The van der Waals surface area contributed by atoms with E-state index in [1.807, 2.05) is 12.1 Å². The third kappa shape index (κ3) is 2.69.